The van der Waals surface area contributed by atoms with Crippen LogP contribution < -0.4 is 9.47 Å². The highest BCUT2D eigenvalue weighted by Crippen LogP contribution is 2.35. The molecule has 1 aromatic heterocycles. The summed E-state index contributed by atoms with van der Waals surface area (Å²) >= 11 is 0. The van der Waals surface area contributed by atoms with E-state index in [0.717, 1.165) is 47.7 Å². The smallest absolute Gasteiger partial charge is 0.223 e. The van der Waals surface area contributed by atoms with Crippen LogP contribution in [-0.2, 0) is 11.3 Å². The molecule has 0 N–H and O–H groups in total. The maximum atomic E-state index is 12.8. The minimum absolute atomic E-state index is 0.131. The highest BCUT2D eigenvalue weighted by molar-refractivity contribution is 5.81. The number of amides is 1. The molecule has 6 nitrogen and oxygen atoms in total. The SMILES string of the molecule is CCOc1ccccc1OCCn1c(C2CC(=O)N(C3CCCC3)C2)nc2ccccc21. The van der Waals surface area contributed by atoms with Crippen molar-refractivity contribution in [1.82, 2.24) is 14.5 Å². The first-order valence-corrected chi connectivity index (χ1v) is 11.8. The molecule has 3 aromatic rings. The summed E-state index contributed by atoms with van der Waals surface area (Å²) in [5.41, 5.74) is 2.07. The molecule has 32 heavy (non-hydrogen) atoms. The maximum absolute atomic E-state index is 12.8. The van der Waals surface area contributed by atoms with Gasteiger partial charge in [-0.25, -0.2) is 4.98 Å². The first kappa shape index (κ1) is 20.9. The fourth-order valence-corrected chi connectivity index (χ4v) is 5.21. The maximum Gasteiger partial charge on any atom is 0.223 e. The van der Waals surface area contributed by atoms with Gasteiger partial charge in [-0.3, -0.25) is 4.79 Å². The Balaban J connectivity index is 1.36. The van der Waals surface area contributed by atoms with Gasteiger partial charge in [0.25, 0.3) is 0 Å². The third kappa shape index (κ3) is 4.06. The largest absolute Gasteiger partial charge is 0.490 e. The van der Waals surface area contributed by atoms with Gasteiger partial charge in [-0.15, -0.1) is 0 Å². The fourth-order valence-electron chi connectivity index (χ4n) is 5.21. The number of rotatable bonds is 8. The third-order valence-corrected chi connectivity index (χ3v) is 6.69. The zero-order chi connectivity index (χ0) is 21.9. The van der Waals surface area contributed by atoms with Gasteiger partial charge in [0.2, 0.25) is 5.91 Å². The summed E-state index contributed by atoms with van der Waals surface area (Å²) in [6, 6.07) is 16.4. The Hall–Kier alpha value is -3.02. The molecule has 1 saturated carbocycles. The van der Waals surface area contributed by atoms with Crippen molar-refractivity contribution in [2.45, 2.75) is 57.5 Å². The lowest BCUT2D eigenvalue weighted by Gasteiger charge is -2.24. The van der Waals surface area contributed by atoms with Crippen molar-refractivity contribution in [3.8, 4) is 11.5 Å². The lowest BCUT2D eigenvalue weighted by molar-refractivity contribution is -0.129. The van der Waals surface area contributed by atoms with E-state index in [-0.39, 0.29) is 11.8 Å². The summed E-state index contributed by atoms with van der Waals surface area (Å²) in [7, 11) is 0. The van der Waals surface area contributed by atoms with Gasteiger partial charge in [0.1, 0.15) is 12.4 Å². The van der Waals surface area contributed by atoms with E-state index in [4.69, 9.17) is 14.5 Å². The van der Waals surface area contributed by atoms with Crippen molar-refractivity contribution in [2.24, 2.45) is 0 Å². The first-order chi connectivity index (χ1) is 15.7. The Morgan fingerprint density at radius 1 is 1.00 bits per heavy atom. The number of hydrogen-bond acceptors (Lipinski definition) is 4. The van der Waals surface area contributed by atoms with Crippen LogP contribution >= 0.6 is 0 Å². The minimum Gasteiger partial charge on any atom is -0.490 e. The monoisotopic (exact) mass is 433 g/mol. The van der Waals surface area contributed by atoms with E-state index >= 15 is 0 Å². The average molecular weight is 434 g/mol. The summed E-state index contributed by atoms with van der Waals surface area (Å²) < 4.78 is 14.0. The zero-order valence-corrected chi connectivity index (χ0v) is 18.7. The van der Waals surface area contributed by atoms with Crippen molar-refractivity contribution < 1.29 is 14.3 Å². The number of ether oxygens (including phenoxy) is 2. The molecule has 1 aliphatic carbocycles. The van der Waals surface area contributed by atoms with Crippen LogP contribution in [0.3, 0.4) is 0 Å². The molecule has 0 bridgehead atoms. The molecule has 2 heterocycles. The van der Waals surface area contributed by atoms with Crippen molar-refractivity contribution in [2.75, 3.05) is 19.8 Å². The molecular formula is C26H31N3O3. The molecule has 0 radical (unpaired) electrons. The molecule has 1 saturated heterocycles. The molecule has 1 aliphatic heterocycles. The standard InChI is InChI=1S/C26H31N3O3/c1-2-31-23-13-7-8-14-24(23)32-16-15-28-22-12-6-5-11-21(22)27-26(28)19-17-25(30)29(18-19)20-9-3-4-10-20/h5-8,11-14,19-20H,2-4,9-10,15-18H2,1H3. The van der Waals surface area contributed by atoms with Crippen molar-refractivity contribution in [1.29, 1.82) is 0 Å². The van der Waals surface area contributed by atoms with Gasteiger partial charge in [0.15, 0.2) is 11.5 Å². The van der Waals surface area contributed by atoms with Gasteiger partial charge in [-0.05, 0) is 44.0 Å². The molecule has 6 heteroatoms. The number of nitrogens with zero attached hydrogens (tertiary/aromatic N) is 3. The van der Waals surface area contributed by atoms with Gasteiger partial charge in [-0.1, -0.05) is 37.1 Å². The number of likely N-dealkylation sites (tertiary alicyclic amines) is 1. The third-order valence-electron chi connectivity index (χ3n) is 6.69. The van der Waals surface area contributed by atoms with E-state index in [2.05, 4.69) is 15.5 Å². The average Bonchev–Trinajstić information content (AvgIpc) is 3.54. The Morgan fingerprint density at radius 2 is 1.72 bits per heavy atom. The number of para-hydroxylation sites is 4. The van der Waals surface area contributed by atoms with Gasteiger partial charge in [0, 0.05) is 24.9 Å². The van der Waals surface area contributed by atoms with E-state index in [9.17, 15) is 4.79 Å². The lowest BCUT2D eigenvalue weighted by atomic mass is 10.1. The van der Waals surface area contributed by atoms with Crippen LogP contribution in [0.4, 0.5) is 0 Å². The van der Waals surface area contributed by atoms with Crippen molar-refractivity contribution in [3.63, 3.8) is 0 Å². The zero-order valence-electron chi connectivity index (χ0n) is 18.7. The van der Waals surface area contributed by atoms with E-state index in [1.54, 1.807) is 0 Å². The van der Waals surface area contributed by atoms with E-state index < -0.39 is 0 Å². The molecule has 1 amide bonds. The number of fused-ring (bicyclic) bond motifs is 1. The van der Waals surface area contributed by atoms with Crippen molar-refractivity contribution >= 4 is 16.9 Å². The van der Waals surface area contributed by atoms with Gasteiger partial charge in [0.05, 0.1) is 24.2 Å². The van der Waals surface area contributed by atoms with Crippen molar-refractivity contribution in [3.05, 3.63) is 54.4 Å². The molecule has 2 aromatic carbocycles. The predicted molar refractivity (Wildman–Crippen MR) is 124 cm³/mol. The second kappa shape index (κ2) is 9.23. The summed E-state index contributed by atoms with van der Waals surface area (Å²) in [4.78, 5) is 19.9. The summed E-state index contributed by atoms with van der Waals surface area (Å²) in [6.45, 7) is 4.53. The quantitative estimate of drug-likeness (QED) is 0.513. The molecule has 0 spiro atoms. The summed E-state index contributed by atoms with van der Waals surface area (Å²) in [6.07, 6.45) is 5.30. The molecular weight excluding hydrogens is 402 g/mol. The summed E-state index contributed by atoms with van der Waals surface area (Å²) in [5, 5.41) is 0. The topological polar surface area (TPSA) is 56.6 Å². The number of benzene rings is 2. The first-order valence-electron chi connectivity index (χ1n) is 11.8. The number of aromatic nitrogens is 2. The summed E-state index contributed by atoms with van der Waals surface area (Å²) in [5.74, 6) is 2.93. The molecule has 1 atom stereocenters. The van der Waals surface area contributed by atoms with Crippen LogP contribution in [0.5, 0.6) is 11.5 Å². The highest BCUT2D eigenvalue weighted by atomic mass is 16.5. The van der Waals surface area contributed by atoms with E-state index in [1.807, 2.05) is 49.4 Å². The normalized spacial score (nSPS) is 19.2. The van der Waals surface area contributed by atoms with Crippen LogP contribution in [-0.4, -0.2) is 46.2 Å². The number of hydrogen-bond donors (Lipinski definition) is 0. The Bertz CT molecular complexity index is 1090. The Morgan fingerprint density at radius 3 is 2.50 bits per heavy atom. The Labute approximate surface area is 189 Å². The van der Waals surface area contributed by atoms with Crippen LogP contribution in [0.1, 0.15) is 50.8 Å². The van der Waals surface area contributed by atoms with Gasteiger partial charge >= 0.3 is 0 Å². The number of imidazole rings is 1. The predicted octanol–water partition coefficient (Wildman–Crippen LogP) is 4.77. The van der Waals surface area contributed by atoms with Crippen LogP contribution in [0.15, 0.2) is 48.5 Å². The lowest BCUT2D eigenvalue weighted by Crippen LogP contribution is -2.34. The van der Waals surface area contributed by atoms with E-state index in [0.29, 0.717) is 32.2 Å². The Kier molecular flexibility index (Phi) is 6.02. The molecule has 1 unspecified atom stereocenters. The van der Waals surface area contributed by atoms with Gasteiger partial charge in [-0.2, -0.15) is 0 Å². The fraction of sp³-hybridized carbons (Fsp3) is 0.462. The second-order valence-electron chi connectivity index (χ2n) is 8.72. The van der Waals surface area contributed by atoms with E-state index in [1.165, 1.54) is 12.8 Å². The van der Waals surface area contributed by atoms with Crippen LogP contribution in [0, 0.1) is 0 Å². The number of carbonyl (C=O) groups is 1. The number of carbonyl (C=O) groups excluding carboxylic acids is 1. The molecule has 2 fully saturated rings. The molecule has 5 rings (SSSR count). The van der Waals surface area contributed by atoms with Crippen LogP contribution in [0.25, 0.3) is 11.0 Å². The second-order valence-corrected chi connectivity index (χ2v) is 8.72. The highest BCUT2D eigenvalue weighted by Gasteiger charge is 2.38. The molecule has 2 aliphatic rings. The molecule has 168 valence electrons. The van der Waals surface area contributed by atoms with Gasteiger partial charge < -0.3 is 18.9 Å². The minimum atomic E-state index is 0.131. The van der Waals surface area contributed by atoms with Crippen LogP contribution in [0.2, 0.25) is 0 Å².